The Morgan fingerprint density at radius 1 is 0.742 bits per heavy atom. The Hall–Kier alpha value is -2.87. The second-order valence-corrected chi connectivity index (χ2v) is 8.71. The van der Waals surface area contributed by atoms with E-state index >= 15 is 0 Å². The number of rotatable bonds is 9. The van der Waals surface area contributed by atoms with Crippen LogP contribution in [0.2, 0.25) is 0 Å². The van der Waals surface area contributed by atoms with Gasteiger partial charge in [0.2, 0.25) is 0 Å². The van der Waals surface area contributed by atoms with E-state index in [9.17, 15) is 4.79 Å². The van der Waals surface area contributed by atoms with E-state index in [0.717, 1.165) is 36.0 Å². The highest BCUT2D eigenvalue weighted by Gasteiger charge is 2.13. The highest BCUT2D eigenvalue weighted by atomic mass is 16.5. The van der Waals surface area contributed by atoms with Crippen LogP contribution in [0.25, 0.3) is 11.1 Å². The Bertz CT molecular complexity index is 970. The summed E-state index contributed by atoms with van der Waals surface area (Å²) in [6, 6.07) is 24.3. The molecule has 0 aliphatic heterocycles. The van der Waals surface area contributed by atoms with Crippen molar-refractivity contribution in [1.82, 2.24) is 0 Å². The summed E-state index contributed by atoms with van der Waals surface area (Å²) in [4.78, 5) is 12.7. The SMILES string of the molecule is CCC(C)Cc1ccc(-c2ccc(C(=O)Oc3ccccc3CC(C)CC)cc2)cc1. The molecule has 162 valence electrons. The number of ether oxygens (including phenoxy) is 1. The van der Waals surface area contributed by atoms with Gasteiger partial charge in [-0.05, 0) is 65.1 Å². The number of carbonyl (C=O) groups is 1. The fourth-order valence-corrected chi connectivity index (χ4v) is 3.63. The van der Waals surface area contributed by atoms with Crippen molar-refractivity contribution in [2.24, 2.45) is 11.8 Å². The van der Waals surface area contributed by atoms with Gasteiger partial charge in [-0.1, -0.05) is 95.1 Å². The van der Waals surface area contributed by atoms with Gasteiger partial charge >= 0.3 is 5.97 Å². The third kappa shape index (κ3) is 6.30. The molecule has 0 aromatic heterocycles. The minimum absolute atomic E-state index is 0.313. The molecule has 0 N–H and O–H groups in total. The first-order valence-electron chi connectivity index (χ1n) is 11.5. The molecule has 31 heavy (non-hydrogen) atoms. The molecule has 0 heterocycles. The summed E-state index contributed by atoms with van der Waals surface area (Å²) in [5.74, 6) is 1.60. The quantitative estimate of drug-likeness (QED) is 0.264. The maximum Gasteiger partial charge on any atom is 0.343 e. The molecule has 2 heteroatoms. The number of hydrogen-bond acceptors (Lipinski definition) is 2. The van der Waals surface area contributed by atoms with Crippen molar-refractivity contribution in [2.75, 3.05) is 0 Å². The van der Waals surface area contributed by atoms with Gasteiger partial charge in [-0.2, -0.15) is 0 Å². The van der Waals surface area contributed by atoms with Crippen LogP contribution in [0, 0.1) is 11.8 Å². The van der Waals surface area contributed by atoms with Crippen LogP contribution in [-0.4, -0.2) is 5.97 Å². The first-order valence-corrected chi connectivity index (χ1v) is 11.5. The monoisotopic (exact) mass is 414 g/mol. The lowest BCUT2D eigenvalue weighted by atomic mass is 9.96. The maximum atomic E-state index is 12.7. The van der Waals surface area contributed by atoms with Crippen molar-refractivity contribution in [3.8, 4) is 16.9 Å². The molecular formula is C29H34O2. The molecule has 0 fully saturated rings. The molecule has 2 unspecified atom stereocenters. The average Bonchev–Trinajstić information content (AvgIpc) is 2.80. The molecule has 0 amide bonds. The molecule has 0 saturated carbocycles. The van der Waals surface area contributed by atoms with E-state index in [2.05, 4.69) is 52.0 Å². The standard InChI is InChI=1S/C29H34O2/c1-5-21(3)19-23-11-13-24(14-12-23)25-15-17-26(18-16-25)29(30)31-28-10-8-7-9-27(28)20-22(4)6-2/h7-18,21-22H,5-6,19-20H2,1-4H3. The third-order valence-electron chi connectivity index (χ3n) is 6.13. The van der Waals surface area contributed by atoms with E-state index in [1.165, 1.54) is 12.0 Å². The minimum atomic E-state index is -0.313. The Kier molecular flexibility index (Phi) is 8.06. The minimum Gasteiger partial charge on any atom is -0.423 e. The van der Waals surface area contributed by atoms with Crippen molar-refractivity contribution >= 4 is 5.97 Å². The number of benzene rings is 3. The van der Waals surface area contributed by atoms with Crippen molar-refractivity contribution in [3.63, 3.8) is 0 Å². The van der Waals surface area contributed by atoms with Gasteiger partial charge in [0.05, 0.1) is 5.56 Å². The Morgan fingerprint density at radius 2 is 1.29 bits per heavy atom. The molecular weight excluding hydrogens is 380 g/mol. The van der Waals surface area contributed by atoms with Crippen LogP contribution in [-0.2, 0) is 12.8 Å². The Labute approximate surface area is 187 Å². The number of carbonyl (C=O) groups excluding carboxylic acids is 1. The summed E-state index contributed by atoms with van der Waals surface area (Å²) in [5, 5.41) is 0. The van der Waals surface area contributed by atoms with E-state index in [0.29, 0.717) is 23.1 Å². The second kappa shape index (κ2) is 10.9. The van der Waals surface area contributed by atoms with Crippen LogP contribution in [0.5, 0.6) is 5.75 Å². The summed E-state index contributed by atoms with van der Waals surface area (Å²) in [6.45, 7) is 8.92. The topological polar surface area (TPSA) is 26.3 Å². The van der Waals surface area contributed by atoms with Gasteiger partial charge in [-0.3, -0.25) is 0 Å². The molecule has 3 rings (SSSR count). The molecule has 2 atom stereocenters. The van der Waals surface area contributed by atoms with Crippen LogP contribution < -0.4 is 4.74 Å². The number of para-hydroxylation sites is 1. The number of hydrogen-bond donors (Lipinski definition) is 0. The fourth-order valence-electron chi connectivity index (χ4n) is 3.63. The van der Waals surface area contributed by atoms with E-state index < -0.39 is 0 Å². The zero-order valence-electron chi connectivity index (χ0n) is 19.2. The van der Waals surface area contributed by atoms with Gasteiger partial charge in [-0.25, -0.2) is 4.79 Å². The molecule has 0 radical (unpaired) electrons. The van der Waals surface area contributed by atoms with Crippen molar-refractivity contribution in [1.29, 1.82) is 0 Å². The molecule has 0 aliphatic rings. The van der Waals surface area contributed by atoms with E-state index in [4.69, 9.17) is 4.74 Å². The maximum absolute atomic E-state index is 12.7. The molecule has 2 nitrogen and oxygen atoms in total. The van der Waals surface area contributed by atoms with Gasteiger partial charge in [0.25, 0.3) is 0 Å². The lowest BCUT2D eigenvalue weighted by Gasteiger charge is -2.13. The van der Waals surface area contributed by atoms with Gasteiger partial charge in [-0.15, -0.1) is 0 Å². The zero-order chi connectivity index (χ0) is 22.2. The molecule has 0 aliphatic carbocycles. The lowest BCUT2D eigenvalue weighted by Crippen LogP contribution is -2.10. The molecule has 0 saturated heterocycles. The van der Waals surface area contributed by atoms with Crippen LogP contribution in [0.4, 0.5) is 0 Å². The molecule has 3 aromatic rings. The smallest absolute Gasteiger partial charge is 0.343 e. The summed E-state index contributed by atoms with van der Waals surface area (Å²) in [5.41, 5.74) is 5.28. The van der Waals surface area contributed by atoms with E-state index in [1.807, 2.05) is 48.5 Å². The van der Waals surface area contributed by atoms with Gasteiger partial charge in [0, 0.05) is 0 Å². The Morgan fingerprint density at radius 3 is 1.90 bits per heavy atom. The predicted molar refractivity (Wildman–Crippen MR) is 130 cm³/mol. The van der Waals surface area contributed by atoms with Gasteiger partial charge in [0.15, 0.2) is 0 Å². The fraction of sp³-hybridized carbons (Fsp3) is 0.345. The van der Waals surface area contributed by atoms with Crippen molar-refractivity contribution in [2.45, 2.75) is 53.4 Å². The van der Waals surface area contributed by atoms with Crippen molar-refractivity contribution < 1.29 is 9.53 Å². The normalized spacial score (nSPS) is 12.9. The van der Waals surface area contributed by atoms with Crippen LogP contribution >= 0.6 is 0 Å². The van der Waals surface area contributed by atoms with Gasteiger partial charge < -0.3 is 4.74 Å². The highest BCUT2D eigenvalue weighted by molar-refractivity contribution is 5.91. The summed E-state index contributed by atoms with van der Waals surface area (Å²) in [7, 11) is 0. The van der Waals surface area contributed by atoms with Gasteiger partial charge in [0.1, 0.15) is 5.75 Å². The molecule has 3 aromatic carbocycles. The lowest BCUT2D eigenvalue weighted by molar-refractivity contribution is 0.0733. The van der Waals surface area contributed by atoms with E-state index in [-0.39, 0.29) is 5.97 Å². The van der Waals surface area contributed by atoms with Crippen molar-refractivity contribution in [3.05, 3.63) is 89.5 Å². The van der Waals surface area contributed by atoms with Crippen LogP contribution in [0.15, 0.2) is 72.8 Å². The van der Waals surface area contributed by atoms with E-state index in [1.54, 1.807) is 0 Å². The summed E-state index contributed by atoms with van der Waals surface area (Å²) < 4.78 is 5.75. The zero-order valence-corrected chi connectivity index (χ0v) is 19.2. The molecule has 0 bridgehead atoms. The average molecular weight is 415 g/mol. The number of esters is 1. The third-order valence-corrected chi connectivity index (χ3v) is 6.13. The van der Waals surface area contributed by atoms with Crippen LogP contribution in [0.3, 0.4) is 0 Å². The predicted octanol–water partition coefficient (Wildman–Crippen LogP) is 7.75. The second-order valence-electron chi connectivity index (χ2n) is 8.71. The largest absolute Gasteiger partial charge is 0.423 e. The summed E-state index contributed by atoms with van der Waals surface area (Å²) in [6.07, 6.45) is 4.32. The highest BCUT2D eigenvalue weighted by Crippen LogP contribution is 2.25. The van der Waals surface area contributed by atoms with Crippen LogP contribution in [0.1, 0.15) is 62.0 Å². The summed E-state index contributed by atoms with van der Waals surface area (Å²) >= 11 is 0. The first kappa shape index (κ1) is 22.8. The first-order chi connectivity index (χ1) is 15.0. The molecule has 0 spiro atoms. The Balaban J connectivity index is 1.68.